The van der Waals surface area contributed by atoms with Crippen LogP contribution in [0.15, 0.2) is 18.3 Å². The quantitative estimate of drug-likeness (QED) is 0.869. The van der Waals surface area contributed by atoms with Gasteiger partial charge in [-0.1, -0.05) is 6.92 Å². The number of rotatable bonds is 5. The van der Waals surface area contributed by atoms with E-state index in [0.29, 0.717) is 11.6 Å². The summed E-state index contributed by atoms with van der Waals surface area (Å²) in [4.78, 5) is 16.4. The minimum Gasteiger partial charge on any atom is -0.370 e. The third-order valence-electron chi connectivity index (χ3n) is 3.07. The molecule has 1 fully saturated rings. The zero-order valence-corrected chi connectivity index (χ0v) is 12.1. The Labute approximate surface area is 118 Å². The number of hydrogen-bond acceptors (Lipinski definition) is 4. The molecule has 1 aromatic heterocycles. The summed E-state index contributed by atoms with van der Waals surface area (Å²) >= 11 is 1.92. The van der Waals surface area contributed by atoms with Crippen molar-refractivity contribution in [3.05, 3.63) is 23.9 Å². The van der Waals surface area contributed by atoms with Gasteiger partial charge in [0, 0.05) is 30.1 Å². The van der Waals surface area contributed by atoms with Gasteiger partial charge in [-0.15, -0.1) is 0 Å². The predicted octanol–water partition coefficient (Wildman–Crippen LogP) is 2.53. The number of thioether (sulfide) groups is 1. The van der Waals surface area contributed by atoms with Crippen LogP contribution in [-0.4, -0.2) is 35.0 Å². The molecule has 1 amide bonds. The van der Waals surface area contributed by atoms with Crippen LogP contribution in [0.25, 0.3) is 0 Å². The summed E-state index contributed by atoms with van der Waals surface area (Å²) in [5.41, 5.74) is 0.684. The van der Waals surface area contributed by atoms with E-state index in [1.54, 1.807) is 12.3 Å². The molecule has 0 aromatic carbocycles. The maximum atomic E-state index is 12.2. The van der Waals surface area contributed by atoms with Gasteiger partial charge in [0.05, 0.1) is 0 Å². The molecule has 1 saturated heterocycles. The Hall–Kier alpha value is -1.23. The lowest BCUT2D eigenvalue weighted by atomic mass is 10.1. The maximum absolute atomic E-state index is 12.2. The van der Waals surface area contributed by atoms with Crippen LogP contribution in [0.5, 0.6) is 0 Å². The first-order valence-electron chi connectivity index (χ1n) is 6.88. The van der Waals surface area contributed by atoms with Crippen molar-refractivity contribution in [3.63, 3.8) is 0 Å². The van der Waals surface area contributed by atoms with Crippen LogP contribution in [0.3, 0.4) is 0 Å². The normalized spacial score (nSPS) is 18.9. The second-order valence-electron chi connectivity index (χ2n) is 4.74. The minimum atomic E-state index is 0.00875. The average molecular weight is 279 g/mol. The molecule has 2 heterocycles. The fourth-order valence-corrected chi connectivity index (χ4v) is 3.12. The van der Waals surface area contributed by atoms with Gasteiger partial charge in [0.2, 0.25) is 0 Å². The highest BCUT2D eigenvalue weighted by Gasteiger charge is 2.17. The van der Waals surface area contributed by atoms with E-state index in [9.17, 15) is 4.79 Å². The van der Waals surface area contributed by atoms with Crippen molar-refractivity contribution in [3.8, 4) is 0 Å². The van der Waals surface area contributed by atoms with Gasteiger partial charge >= 0.3 is 0 Å². The number of carbonyl (C=O) groups excluding carboxylic acids is 1. The van der Waals surface area contributed by atoms with E-state index in [0.717, 1.165) is 31.0 Å². The Kier molecular flexibility index (Phi) is 5.51. The minimum absolute atomic E-state index is 0.00875. The lowest BCUT2D eigenvalue weighted by molar-refractivity contribution is 0.0938. The molecule has 0 radical (unpaired) electrons. The SMILES string of the molecule is CCCNc1cc(C(=O)NC2CCCSC2)ccn1. The maximum Gasteiger partial charge on any atom is 0.251 e. The molecule has 1 atom stereocenters. The standard InChI is InChI=1S/C14H21N3OS/c1-2-6-15-13-9-11(5-7-16-13)14(18)17-12-4-3-8-19-10-12/h5,7,9,12H,2-4,6,8,10H2,1H3,(H,15,16)(H,17,18). The van der Waals surface area contributed by atoms with Crippen molar-refractivity contribution in [2.75, 3.05) is 23.4 Å². The van der Waals surface area contributed by atoms with Gasteiger partial charge in [0.25, 0.3) is 5.91 Å². The molecule has 2 N–H and O–H groups in total. The molecule has 0 spiro atoms. The number of hydrogen-bond donors (Lipinski definition) is 2. The van der Waals surface area contributed by atoms with Crippen molar-refractivity contribution < 1.29 is 4.79 Å². The van der Waals surface area contributed by atoms with E-state index in [4.69, 9.17) is 0 Å². The van der Waals surface area contributed by atoms with E-state index < -0.39 is 0 Å². The first-order chi connectivity index (χ1) is 9.29. The topological polar surface area (TPSA) is 54.0 Å². The van der Waals surface area contributed by atoms with E-state index in [2.05, 4.69) is 22.5 Å². The van der Waals surface area contributed by atoms with Gasteiger partial charge in [-0.2, -0.15) is 11.8 Å². The van der Waals surface area contributed by atoms with E-state index >= 15 is 0 Å². The Balaban J connectivity index is 1.93. The van der Waals surface area contributed by atoms with Crippen molar-refractivity contribution in [2.45, 2.75) is 32.2 Å². The van der Waals surface area contributed by atoms with Gasteiger partial charge in [0.15, 0.2) is 0 Å². The highest BCUT2D eigenvalue weighted by molar-refractivity contribution is 7.99. The number of aromatic nitrogens is 1. The largest absolute Gasteiger partial charge is 0.370 e. The molecular weight excluding hydrogens is 258 g/mol. The van der Waals surface area contributed by atoms with Crippen LogP contribution >= 0.6 is 11.8 Å². The second kappa shape index (κ2) is 7.38. The lowest BCUT2D eigenvalue weighted by Gasteiger charge is -2.22. The van der Waals surface area contributed by atoms with Crippen LogP contribution in [0.1, 0.15) is 36.5 Å². The highest BCUT2D eigenvalue weighted by atomic mass is 32.2. The zero-order chi connectivity index (χ0) is 13.5. The highest BCUT2D eigenvalue weighted by Crippen LogP contribution is 2.17. The Bertz CT molecular complexity index is 419. The van der Waals surface area contributed by atoms with Crippen molar-refractivity contribution in [2.24, 2.45) is 0 Å². The molecule has 1 aromatic rings. The van der Waals surface area contributed by atoms with Crippen molar-refractivity contribution in [1.29, 1.82) is 0 Å². The second-order valence-corrected chi connectivity index (χ2v) is 5.89. The Morgan fingerprint density at radius 3 is 3.21 bits per heavy atom. The summed E-state index contributed by atoms with van der Waals surface area (Å²) in [5.74, 6) is 3.02. The molecule has 0 aliphatic carbocycles. The average Bonchev–Trinajstić information content (AvgIpc) is 2.46. The molecule has 104 valence electrons. The number of carbonyl (C=O) groups is 1. The number of nitrogens with one attached hydrogen (secondary N) is 2. The number of nitrogens with zero attached hydrogens (tertiary/aromatic N) is 1. The van der Waals surface area contributed by atoms with Crippen LogP contribution in [0.2, 0.25) is 0 Å². The van der Waals surface area contributed by atoms with E-state index in [-0.39, 0.29) is 5.91 Å². The summed E-state index contributed by atoms with van der Waals surface area (Å²) in [5, 5.41) is 6.30. The Morgan fingerprint density at radius 2 is 2.47 bits per heavy atom. The smallest absolute Gasteiger partial charge is 0.251 e. The summed E-state index contributed by atoms with van der Waals surface area (Å²) in [6, 6.07) is 3.90. The van der Waals surface area contributed by atoms with E-state index in [1.165, 1.54) is 12.2 Å². The van der Waals surface area contributed by atoms with Crippen LogP contribution < -0.4 is 10.6 Å². The van der Waals surface area contributed by atoms with Gasteiger partial charge in [-0.25, -0.2) is 4.98 Å². The number of amides is 1. The molecule has 5 heteroatoms. The molecule has 1 unspecified atom stereocenters. The first kappa shape index (κ1) is 14.2. The van der Waals surface area contributed by atoms with Gasteiger partial charge < -0.3 is 10.6 Å². The van der Waals surface area contributed by atoms with Crippen LogP contribution in [-0.2, 0) is 0 Å². The third-order valence-corrected chi connectivity index (χ3v) is 4.29. The number of pyridine rings is 1. The third kappa shape index (κ3) is 4.42. The summed E-state index contributed by atoms with van der Waals surface area (Å²) in [7, 11) is 0. The molecule has 19 heavy (non-hydrogen) atoms. The Morgan fingerprint density at radius 1 is 1.58 bits per heavy atom. The van der Waals surface area contributed by atoms with Crippen LogP contribution in [0, 0.1) is 0 Å². The van der Waals surface area contributed by atoms with Gasteiger partial charge in [-0.05, 0) is 37.1 Å². The molecule has 1 aliphatic rings. The molecule has 2 rings (SSSR count). The monoisotopic (exact) mass is 279 g/mol. The fraction of sp³-hybridized carbons (Fsp3) is 0.571. The predicted molar refractivity (Wildman–Crippen MR) is 80.8 cm³/mol. The fourth-order valence-electron chi connectivity index (χ4n) is 2.04. The summed E-state index contributed by atoms with van der Waals surface area (Å²) in [6.07, 6.45) is 5.00. The lowest BCUT2D eigenvalue weighted by Crippen LogP contribution is -2.38. The molecule has 4 nitrogen and oxygen atoms in total. The van der Waals surface area contributed by atoms with Crippen LogP contribution in [0.4, 0.5) is 5.82 Å². The van der Waals surface area contributed by atoms with E-state index in [1.807, 2.05) is 17.8 Å². The number of anilines is 1. The van der Waals surface area contributed by atoms with Crippen molar-refractivity contribution >= 4 is 23.5 Å². The molecule has 0 saturated carbocycles. The zero-order valence-electron chi connectivity index (χ0n) is 11.3. The van der Waals surface area contributed by atoms with Gasteiger partial charge in [-0.3, -0.25) is 4.79 Å². The first-order valence-corrected chi connectivity index (χ1v) is 8.03. The summed E-state index contributed by atoms with van der Waals surface area (Å²) in [6.45, 7) is 2.97. The molecular formula is C14H21N3OS. The summed E-state index contributed by atoms with van der Waals surface area (Å²) < 4.78 is 0. The molecule has 0 bridgehead atoms. The van der Waals surface area contributed by atoms with Crippen molar-refractivity contribution in [1.82, 2.24) is 10.3 Å². The van der Waals surface area contributed by atoms with Gasteiger partial charge in [0.1, 0.15) is 5.82 Å². The molecule has 1 aliphatic heterocycles.